The fraction of sp³-hybridized carbons (Fsp3) is 0.391. The van der Waals surface area contributed by atoms with Gasteiger partial charge in [0.2, 0.25) is 17.6 Å². The molecule has 0 spiro atoms. The monoisotopic (exact) mass is 454 g/mol. The molecule has 32 heavy (non-hydrogen) atoms. The Balaban J connectivity index is 1.20. The number of carbonyl (C=O) groups excluding carboxylic acids is 2. The number of carbonyl (C=O) groups is 2. The van der Waals surface area contributed by atoms with Crippen LogP contribution in [0.5, 0.6) is 5.75 Å². The number of nitrogens with one attached hydrogen (secondary N) is 1. The fourth-order valence-electron chi connectivity index (χ4n) is 3.66. The Bertz CT molecular complexity index is 1020. The predicted octanol–water partition coefficient (Wildman–Crippen LogP) is 3.55. The van der Waals surface area contributed by atoms with Gasteiger partial charge in [-0.3, -0.25) is 9.59 Å². The van der Waals surface area contributed by atoms with Crippen molar-refractivity contribution in [2.75, 3.05) is 19.7 Å². The van der Waals surface area contributed by atoms with Crippen LogP contribution in [0.2, 0.25) is 0 Å². The second-order valence-electron chi connectivity index (χ2n) is 7.62. The third-order valence-electron chi connectivity index (χ3n) is 5.37. The van der Waals surface area contributed by atoms with Crippen molar-refractivity contribution >= 4 is 23.2 Å². The van der Waals surface area contributed by atoms with Gasteiger partial charge in [0.1, 0.15) is 5.75 Å². The van der Waals surface area contributed by atoms with E-state index in [1.54, 1.807) is 23.5 Å². The molecule has 1 aromatic carbocycles. The Hall–Kier alpha value is -3.20. The lowest BCUT2D eigenvalue weighted by atomic mass is 10.0. The van der Waals surface area contributed by atoms with Gasteiger partial charge < -0.3 is 19.5 Å². The maximum atomic E-state index is 12.7. The van der Waals surface area contributed by atoms with Crippen LogP contribution < -0.4 is 10.1 Å². The molecule has 1 saturated heterocycles. The molecule has 9 heteroatoms. The van der Waals surface area contributed by atoms with Crippen molar-refractivity contribution in [2.45, 2.75) is 38.6 Å². The van der Waals surface area contributed by atoms with Crippen LogP contribution in [0.25, 0.3) is 11.4 Å². The maximum absolute atomic E-state index is 12.7. The molecule has 1 fully saturated rings. The van der Waals surface area contributed by atoms with Crippen LogP contribution in [-0.4, -0.2) is 52.6 Å². The molecule has 0 bridgehead atoms. The molecule has 3 heterocycles. The quantitative estimate of drug-likeness (QED) is 0.559. The largest absolute Gasteiger partial charge is 0.494 e. The Kier molecular flexibility index (Phi) is 7.16. The van der Waals surface area contributed by atoms with E-state index in [2.05, 4.69) is 15.5 Å². The van der Waals surface area contributed by atoms with Gasteiger partial charge in [-0.15, -0.1) is 0 Å². The van der Waals surface area contributed by atoms with Crippen molar-refractivity contribution in [1.29, 1.82) is 0 Å². The molecule has 168 valence electrons. The molecule has 1 aliphatic rings. The summed E-state index contributed by atoms with van der Waals surface area (Å²) in [6.07, 6.45) is 2.16. The second kappa shape index (κ2) is 10.4. The highest BCUT2D eigenvalue weighted by atomic mass is 32.1. The van der Waals surface area contributed by atoms with E-state index in [9.17, 15) is 9.59 Å². The number of aromatic nitrogens is 2. The summed E-state index contributed by atoms with van der Waals surface area (Å²) in [5.74, 6) is 1.73. The number of piperidine rings is 1. The number of amides is 2. The normalized spacial score (nSPS) is 14.3. The molecule has 0 aliphatic carbocycles. The van der Waals surface area contributed by atoms with Crippen LogP contribution in [0.1, 0.15) is 42.4 Å². The van der Waals surface area contributed by atoms with E-state index < -0.39 is 0 Å². The molecule has 0 saturated carbocycles. The number of benzene rings is 1. The Morgan fingerprint density at radius 1 is 1.22 bits per heavy atom. The zero-order chi connectivity index (χ0) is 22.3. The minimum atomic E-state index is -0.0448. The summed E-state index contributed by atoms with van der Waals surface area (Å²) in [7, 11) is 0. The van der Waals surface area contributed by atoms with E-state index in [4.69, 9.17) is 9.26 Å². The third kappa shape index (κ3) is 5.53. The summed E-state index contributed by atoms with van der Waals surface area (Å²) in [5.41, 5.74) is 1.57. The van der Waals surface area contributed by atoms with Gasteiger partial charge in [-0.25, -0.2) is 0 Å². The first-order valence-electron chi connectivity index (χ1n) is 10.8. The number of hydrogen-bond acceptors (Lipinski definition) is 7. The summed E-state index contributed by atoms with van der Waals surface area (Å²) >= 11 is 1.57. The van der Waals surface area contributed by atoms with E-state index in [-0.39, 0.29) is 24.3 Å². The lowest BCUT2D eigenvalue weighted by molar-refractivity contribution is -0.122. The highest BCUT2D eigenvalue weighted by molar-refractivity contribution is 7.08. The molecular weight excluding hydrogens is 428 g/mol. The Labute approximate surface area is 190 Å². The fourth-order valence-corrected chi connectivity index (χ4v) is 4.29. The average molecular weight is 455 g/mol. The van der Waals surface area contributed by atoms with Gasteiger partial charge in [-0.1, -0.05) is 5.16 Å². The first-order valence-corrected chi connectivity index (χ1v) is 11.7. The van der Waals surface area contributed by atoms with Gasteiger partial charge in [-0.2, -0.15) is 16.3 Å². The number of nitrogens with zero attached hydrogens (tertiary/aromatic N) is 3. The number of rotatable bonds is 8. The Morgan fingerprint density at radius 2 is 2.00 bits per heavy atom. The smallest absolute Gasteiger partial charge is 0.253 e. The lowest BCUT2D eigenvalue weighted by Crippen LogP contribution is -2.46. The number of hydrogen-bond donors (Lipinski definition) is 1. The van der Waals surface area contributed by atoms with Gasteiger partial charge in [0.05, 0.1) is 6.61 Å². The highest BCUT2D eigenvalue weighted by Gasteiger charge is 2.24. The number of aryl methyl sites for hydroxylation is 1. The molecule has 0 radical (unpaired) electrons. The highest BCUT2D eigenvalue weighted by Crippen LogP contribution is 2.20. The van der Waals surface area contributed by atoms with Crippen molar-refractivity contribution in [1.82, 2.24) is 20.4 Å². The van der Waals surface area contributed by atoms with Gasteiger partial charge in [0.15, 0.2) is 0 Å². The zero-order valence-electron chi connectivity index (χ0n) is 18.0. The predicted molar refractivity (Wildman–Crippen MR) is 121 cm³/mol. The van der Waals surface area contributed by atoms with E-state index in [1.165, 1.54) is 0 Å². The SMILES string of the molecule is CCOc1ccc(C(=O)N2CCC(NC(=O)CCc3nc(-c4ccsc4)no3)CC2)cc1. The van der Waals surface area contributed by atoms with Crippen LogP contribution in [0.15, 0.2) is 45.6 Å². The van der Waals surface area contributed by atoms with Crippen molar-refractivity contribution in [3.63, 3.8) is 0 Å². The van der Waals surface area contributed by atoms with Gasteiger partial charge in [-0.05, 0) is 55.5 Å². The average Bonchev–Trinajstić information content (AvgIpc) is 3.51. The molecule has 2 aromatic heterocycles. The molecule has 2 amide bonds. The molecular formula is C23H26N4O4S. The molecule has 8 nitrogen and oxygen atoms in total. The molecule has 0 unspecified atom stereocenters. The van der Waals surface area contributed by atoms with E-state index in [0.717, 1.165) is 24.2 Å². The van der Waals surface area contributed by atoms with Gasteiger partial charge in [0, 0.05) is 48.5 Å². The minimum absolute atomic E-state index is 0.00986. The molecule has 3 aromatic rings. The van der Waals surface area contributed by atoms with Crippen molar-refractivity contribution in [3.8, 4) is 17.1 Å². The van der Waals surface area contributed by atoms with Crippen LogP contribution in [-0.2, 0) is 11.2 Å². The molecule has 1 N–H and O–H groups in total. The van der Waals surface area contributed by atoms with E-state index in [1.807, 2.05) is 40.8 Å². The van der Waals surface area contributed by atoms with Gasteiger partial charge >= 0.3 is 0 Å². The summed E-state index contributed by atoms with van der Waals surface area (Å²) in [5, 5.41) is 10.9. The lowest BCUT2D eigenvalue weighted by Gasteiger charge is -2.32. The van der Waals surface area contributed by atoms with Crippen LogP contribution in [0, 0.1) is 0 Å². The molecule has 0 atom stereocenters. The summed E-state index contributed by atoms with van der Waals surface area (Å²) in [4.78, 5) is 31.2. The minimum Gasteiger partial charge on any atom is -0.494 e. The number of thiophene rings is 1. The maximum Gasteiger partial charge on any atom is 0.253 e. The molecule has 4 rings (SSSR count). The topological polar surface area (TPSA) is 97.6 Å². The van der Waals surface area contributed by atoms with E-state index >= 15 is 0 Å². The number of likely N-dealkylation sites (tertiary alicyclic amines) is 1. The summed E-state index contributed by atoms with van der Waals surface area (Å²) in [6.45, 7) is 3.75. The molecule has 1 aliphatic heterocycles. The van der Waals surface area contributed by atoms with Crippen molar-refractivity contribution < 1.29 is 18.8 Å². The second-order valence-corrected chi connectivity index (χ2v) is 8.40. The number of ether oxygens (including phenoxy) is 1. The Morgan fingerprint density at radius 3 is 2.69 bits per heavy atom. The van der Waals surface area contributed by atoms with Gasteiger partial charge in [0.25, 0.3) is 5.91 Å². The van der Waals surface area contributed by atoms with Crippen LogP contribution in [0.3, 0.4) is 0 Å². The standard InChI is InChI=1S/C23H26N4O4S/c1-2-30-19-5-3-16(4-6-19)23(29)27-12-9-18(10-13-27)24-20(28)7-8-21-25-22(26-31-21)17-11-14-32-15-17/h3-6,11,14-15,18H,2,7-10,12-13H2,1H3,(H,24,28). The van der Waals surface area contributed by atoms with Crippen LogP contribution in [0.4, 0.5) is 0 Å². The van der Waals surface area contributed by atoms with Crippen molar-refractivity contribution in [2.24, 2.45) is 0 Å². The van der Waals surface area contributed by atoms with E-state index in [0.29, 0.717) is 43.4 Å². The first kappa shape index (κ1) is 22.0. The van der Waals surface area contributed by atoms with Crippen LogP contribution >= 0.6 is 11.3 Å². The zero-order valence-corrected chi connectivity index (χ0v) is 18.8. The summed E-state index contributed by atoms with van der Waals surface area (Å²) < 4.78 is 10.7. The third-order valence-corrected chi connectivity index (χ3v) is 6.06. The summed E-state index contributed by atoms with van der Waals surface area (Å²) in [6, 6.07) is 9.22. The van der Waals surface area contributed by atoms with Crippen molar-refractivity contribution in [3.05, 3.63) is 52.5 Å². The first-order chi connectivity index (χ1) is 15.6.